The molecule has 1 saturated heterocycles. The van der Waals surface area contributed by atoms with Crippen molar-refractivity contribution in [1.82, 2.24) is 0 Å². The molecule has 1 aliphatic heterocycles. The van der Waals surface area contributed by atoms with Gasteiger partial charge in [-0.25, -0.2) is 4.79 Å². The number of hydrogen-bond acceptors (Lipinski definition) is 6. The first-order chi connectivity index (χ1) is 20.5. The zero-order valence-electron chi connectivity index (χ0n) is 25.5. The molecule has 3 aromatic carbocycles. The average molecular weight is 650 g/mol. The highest BCUT2D eigenvalue weighted by atomic mass is 32.2. The van der Waals surface area contributed by atoms with Crippen LogP contribution in [0.3, 0.4) is 0 Å². The van der Waals surface area contributed by atoms with E-state index < -0.39 is 44.1 Å². The van der Waals surface area contributed by atoms with Crippen LogP contribution in [0.4, 0.5) is 8.78 Å². The molecular weight excluding hydrogens is 610 g/mol. The summed E-state index contributed by atoms with van der Waals surface area (Å²) in [5.41, 5.74) is 2.02. The lowest BCUT2D eigenvalue weighted by Crippen LogP contribution is -2.42. The van der Waals surface area contributed by atoms with E-state index >= 15 is 0 Å². The average Bonchev–Trinajstić information content (AvgIpc) is 2.95. The number of esters is 1. The second-order valence-corrected chi connectivity index (χ2v) is 15.4. The Kier molecular flexibility index (Phi) is 10.3. The number of carbonyl (C=O) groups excluding carboxylic acids is 1. The summed E-state index contributed by atoms with van der Waals surface area (Å²) in [6.45, 7) is 10.3. The maximum Gasteiger partial charge on any atom is 0.405 e. The summed E-state index contributed by atoms with van der Waals surface area (Å²) in [6.07, 6.45) is 0.637. The number of halogens is 2. The van der Waals surface area contributed by atoms with Crippen molar-refractivity contribution in [3.05, 3.63) is 89.5 Å². The smallest absolute Gasteiger partial charge is 0.405 e. The molecule has 1 N–H and O–H groups in total. The first-order valence-corrected chi connectivity index (χ1v) is 17.1. The quantitative estimate of drug-likeness (QED) is 0.153. The molecule has 0 aromatic heterocycles. The van der Waals surface area contributed by atoms with Crippen LogP contribution in [-0.2, 0) is 46.4 Å². The van der Waals surface area contributed by atoms with Gasteiger partial charge in [-0.1, -0.05) is 32.9 Å². The van der Waals surface area contributed by atoms with Gasteiger partial charge in [0.1, 0.15) is 0 Å². The van der Waals surface area contributed by atoms with Crippen LogP contribution >= 0.6 is 0 Å². The monoisotopic (exact) mass is 649 g/mol. The van der Waals surface area contributed by atoms with Gasteiger partial charge in [-0.2, -0.15) is 17.2 Å². The molecular formula is C33H39F2O7S2+. The Balaban J connectivity index is 1.66. The van der Waals surface area contributed by atoms with Crippen molar-refractivity contribution in [2.75, 3.05) is 13.2 Å². The Hall–Kier alpha value is -2.83. The molecule has 1 fully saturated rings. The van der Waals surface area contributed by atoms with Crippen LogP contribution in [0.2, 0.25) is 0 Å². The third kappa shape index (κ3) is 7.69. The van der Waals surface area contributed by atoms with Gasteiger partial charge in [0.15, 0.2) is 26.6 Å². The lowest BCUT2D eigenvalue weighted by molar-refractivity contribution is -0.241. The van der Waals surface area contributed by atoms with E-state index in [2.05, 4.69) is 49.8 Å². The molecule has 11 heteroatoms. The van der Waals surface area contributed by atoms with Crippen molar-refractivity contribution in [3.8, 4) is 0 Å². The third-order valence-electron chi connectivity index (χ3n) is 7.54. The number of hydrogen-bond donors (Lipinski definition) is 1. The maximum absolute atomic E-state index is 13.9. The van der Waals surface area contributed by atoms with Crippen LogP contribution < -0.4 is 0 Å². The van der Waals surface area contributed by atoms with E-state index in [4.69, 9.17) is 14.0 Å². The number of benzene rings is 3. The largest absolute Gasteiger partial charge is 0.451 e. The fraction of sp³-hybridized carbons (Fsp3) is 0.424. The maximum atomic E-state index is 13.9. The van der Waals surface area contributed by atoms with Gasteiger partial charge >= 0.3 is 21.3 Å². The zero-order chi connectivity index (χ0) is 32.3. The second-order valence-electron chi connectivity index (χ2n) is 11.9. The molecule has 0 saturated carbocycles. The van der Waals surface area contributed by atoms with E-state index in [-0.39, 0.29) is 11.0 Å². The third-order valence-corrected chi connectivity index (χ3v) is 10.8. The van der Waals surface area contributed by atoms with Gasteiger partial charge in [0.2, 0.25) is 0 Å². The first-order valence-electron chi connectivity index (χ1n) is 14.4. The minimum absolute atomic E-state index is 0.0306. The Bertz CT molecular complexity index is 1520. The number of rotatable bonds is 8. The summed E-state index contributed by atoms with van der Waals surface area (Å²) < 4.78 is 75.7. The summed E-state index contributed by atoms with van der Waals surface area (Å²) in [6, 6.07) is 22.8. The van der Waals surface area contributed by atoms with E-state index in [1.807, 2.05) is 31.2 Å². The van der Waals surface area contributed by atoms with E-state index in [0.29, 0.717) is 20.1 Å². The number of carbonyl (C=O) groups is 1. The SMILES string of the molecule is CC(OC(=O)c1ccc([S+](c2ccc(C(C)(C)C)cc2)c2ccc(C3(C)OCCCCCO3)cc2)cc1)C(F)(F)S(=O)(=O)O. The normalized spacial score (nSPS) is 17.6. The lowest BCUT2D eigenvalue weighted by Gasteiger charge is -2.32. The van der Waals surface area contributed by atoms with E-state index in [1.54, 1.807) is 12.1 Å². The molecule has 4 rings (SSSR count). The summed E-state index contributed by atoms with van der Waals surface area (Å²) in [5.74, 6) is -1.99. The highest BCUT2D eigenvalue weighted by Crippen LogP contribution is 2.36. The summed E-state index contributed by atoms with van der Waals surface area (Å²) in [7, 11) is -6.37. The molecule has 44 heavy (non-hydrogen) atoms. The van der Waals surface area contributed by atoms with E-state index in [0.717, 1.165) is 39.5 Å². The van der Waals surface area contributed by atoms with Gasteiger partial charge in [0, 0.05) is 5.56 Å². The van der Waals surface area contributed by atoms with E-state index in [9.17, 15) is 22.0 Å². The predicted octanol–water partition coefficient (Wildman–Crippen LogP) is 7.50. The van der Waals surface area contributed by atoms with Crippen LogP contribution in [0.25, 0.3) is 0 Å². The van der Waals surface area contributed by atoms with Crippen molar-refractivity contribution < 1.29 is 40.8 Å². The Morgan fingerprint density at radius 3 is 1.77 bits per heavy atom. The van der Waals surface area contributed by atoms with Crippen LogP contribution in [0.15, 0.2) is 87.5 Å². The molecule has 238 valence electrons. The second kappa shape index (κ2) is 13.3. The molecule has 0 radical (unpaired) electrons. The highest BCUT2D eigenvalue weighted by Gasteiger charge is 2.52. The minimum Gasteiger partial charge on any atom is -0.451 e. The summed E-state index contributed by atoms with van der Waals surface area (Å²) >= 11 is 0. The van der Waals surface area contributed by atoms with Crippen molar-refractivity contribution in [2.45, 2.75) is 91.1 Å². The van der Waals surface area contributed by atoms with Crippen LogP contribution in [0.5, 0.6) is 0 Å². The molecule has 3 aromatic rings. The predicted molar refractivity (Wildman–Crippen MR) is 165 cm³/mol. The zero-order valence-corrected chi connectivity index (χ0v) is 27.1. The molecule has 0 amide bonds. The van der Waals surface area contributed by atoms with Crippen molar-refractivity contribution in [2.24, 2.45) is 0 Å². The Labute approximate surface area is 261 Å². The number of ether oxygens (including phenoxy) is 3. The van der Waals surface area contributed by atoms with Crippen LogP contribution in [0.1, 0.15) is 75.4 Å². The van der Waals surface area contributed by atoms with Gasteiger partial charge in [-0.3, -0.25) is 4.55 Å². The lowest BCUT2D eigenvalue weighted by atomic mass is 9.87. The van der Waals surface area contributed by atoms with Crippen LogP contribution in [0, 0.1) is 0 Å². The molecule has 2 atom stereocenters. The van der Waals surface area contributed by atoms with Gasteiger partial charge in [-0.15, -0.1) is 0 Å². The standard InChI is InChI=1S/C33H38F2O7S2/c1-23(33(34,35)44(37,38)39)42-30(36)24-9-15-27(16-10-24)43(28-17-11-25(12-18-28)31(2,3)4)29-19-13-26(14-20-29)32(5)40-21-7-6-8-22-41-32/h9-20,23H,6-8,21-22H2,1-5H3/p+1. The van der Waals surface area contributed by atoms with Gasteiger partial charge in [0.05, 0.1) is 29.7 Å². The molecule has 2 unspecified atom stereocenters. The first kappa shape index (κ1) is 34.1. The van der Waals surface area contributed by atoms with Crippen LogP contribution in [-0.4, -0.2) is 43.5 Å². The minimum atomic E-state index is -5.76. The molecule has 0 bridgehead atoms. The van der Waals surface area contributed by atoms with E-state index in [1.165, 1.54) is 17.7 Å². The summed E-state index contributed by atoms with van der Waals surface area (Å²) in [4.78, 5) is 15.5. The molecule has 1 heterocycles. The van der Waals surface area contributed by atoms with Crippen molar-refractivity contribution in [1.29, 1.82) is 0 Å². The Morgan fingerprint density at radius 2 is 1.32 bits per heavy atom. The molecule has 1 aliphatic rings. The fourth-order valence-electron chi connectivity index (χ4n) is 4.75. The molecule has 0 aliphatic carbocycles. The van der Waals surface area contributed by atoms with Crippen molar-refractivity contribution in [3.63, 3.8) is 0 Å². The van der Waals surface area contributed by atoms with Gasteiger partial charge < -0.3 is 14.2 Å². The highest BCUT2D eigenvalue weighted by molar-refractivity contribution is 7.97. The number of alkyl halides is 2. The molecule has 7 nitrogen and oxygen atoms in total. The summed E-state index contributed by atoms with van der Waals surface area (Å²) in [5, 5.41) is -4.65. The van der Waals surface area contributed by atoms with Gasteiger partial charge in [-0.05, 0) is 105 Å². The van der Waals surface area contributed by atoms with Crippen molar-refractivity contribution >= 4 is 27.0 Å². The molecule has 0 spiro atoms. The fourth-order valence-corrected chi connectivity index (χ4v) is 7.26. The topological polar surface area (TPSA) is 99.1 Å². The van der Waals surface area contributed by atoms with Gasteiger partial charge in [0.25, 0.3) is 0 Å². The Morgan fingerprint density at radius 1 is 0.864 bits per heavy atom.